The van der Waals surface area contributed by atoms with Crippen LogP contribution in [0.15, 0.2) is 18.2 Å². The van der Waals surface area contributed by atoms with Gasteiger partial charge in [0.2, 0.25) is 21.8 Å². The number of nitrogens with one attached hydrogen (secondary N) is 3. The van der Waals surface area contributed by atoms with Crippen molar-refractivity contribution < 1.29 is 46.6 Å². The fraction of sp³-hybridized carbons (Fsp3) is 0.703. The Morgan fingerprint density at radius 2 is 1.66 bits per heavy atom. The number of nitrogens with zero attached hydrogens (tertiary/aromatic N) is 2. The lowest BCUT2D eigenvalue weighted by molar-refractivity contribution is -0.143. The number of carbonyl (C=O) groups is 5. The lowest BCUT2D eigenvalue weighted by Crippen LogP contribution is -2.60. The molecule has 2 saturated carbocycles. The molecular formula is C37H53N5O10S. The van der Waals surface area contributed by atoms with Gasteiger partial charge in [0.25, 0.3) is 5.91 Å². The largest absolute Gasteiger partial charge is 0.494 e. The summed E-state index contributed by atoms with van der Waals surface area (Å²) in [6, 6.07) is 3.46. The first-order valence-corrected chi connectivity index (χ1v) is 20.5. The third-order valence-corrected chi connectivity index (χ3v) is 12.8. The number of ether oxygens (including phenoxy) is 3. The summed E-state index contributed by atoms with van der Waals surface area (Å²) >= 11 is 0. The number of hydrogen-bond acceptors (Lipinski definition) is 10. The Bertz CT molecular complexity index is 1710. The molecule has 1 aromatic rings. The predicted octanol–water partition coefficient (Wildman–Crippen LogP) is 3.49. The van der Waals surface area contributed by atoms with Crippen LogP contribution < -0.4 is 20.1 Å². The van der Waals surface area contributed by atoms with Gasteiger partial charge < -0.3 is 29.7 Å². The molecule has 2 aliphatic carbocycles. The summed E-state index contributed by atoms with van der Waals surface area (Å²) in [5, 5.41) is 4.89. The highest BCUT2D eigenvalue weighted by Gasteiger charge is 2.62. The van der Waals surface area contributed by atoms with E-state index < -0.39 is 74.3 Å². The second kappa shape index (κ2) is 15.3. The summed E-state index contributed by atoms with van der Waals surface area (Å²) in [6.07, 6.45) is 3.62. The molecule has 1 saturated heterocycles. The molecule has 1 aromatic carbocycles. The van der Waals surface area contributed by atoms with Crippen molar-refractivity contribution in [2.24, 2.45) is 11.3 Å². The van der Waals surface area contributed by atoms with Crippen molar-refractivity contribution in [2.75, 3.05) is 19.8 Å². The first kappa shape index (κ1) is 38.6. The first-order chi connectivity index (χ1) is 25.1. The Morgan fingerprint density at radius 1 is 0.981 bits per heavy atom. The first-order valence-electron chi connectivity index (χ1n) is 18.9. The smallest absolute Gasteiger partial charge is 0.410 e. The molecule has 0 aromatic heterocycles. The van der Waals surface area contributed by atoms with Crippen molar-refractivity contribution in [3.8, 4) is 5.75 Å². The molecule has 3 heterocycles. The second-order valence-electron chi connectivity index (χ2n) is 16.2. The van der Waals surface area contributed by atoms with Gasteiger partial charge in [-0.05, 0) is 66.7 Å². The van der Waals surface area contributed by atoms with E-state index in [1.54, 1.807) is 25.7 Å². The minimum absolute atomic E-state index is 0.0712. The maximum absolute atomic E-state index is 14.4. The summed E-state index contributed by atoms with van der Waals surface area (Å²) in [5.74, 6) is -1.64. The molecule has 53 heavy (non-hydrogen) atoms. The SMILES string of the molecule is CC[C@H]1C[C@@]1(NC(=O)C1C[C@@H]2CN1C(=O)[C@H](C(C)(C)C)NC(=O)OCCCCCCCOc1ccc3c(c1)CN(C3)C(=O)O2)C(=O)NS(=O)(=O)C1CC1. The van der Waals surface area contributed by atoms with Crippen LogP contribution >= 0.6 is 0 Å². The van der Waals surface area contributed by atoms with Crippen LogP contribution in [0.25, 0.3) is 0 Å². The van der Waals surface area contributed by atoms with Gasteiger partial charge in [0.05, 0.1) is 25.0 Å². The molecule has 3 aliphatic heterocycles. The van der Waals surface area contributed by atoms with Crippen LogP contribution in [0.5, 0.6) is 5.75 Å². The van der Waals surface area contributed by atoms with Crippen LogP contribution in [-0.2, 0) is 47.0 Å². The molecule has 1 unspecified atom stereocenters. The van der Waals surface area contributed by atoms with E-state index in [2.05, 4.69) is 15.4 Å². The van der Waals surface area contributed by atoms with E-state index in [1.165, 1.54) is 4.90 Å². The minimum atomic E-state index is -3.88. The highest BCUT2D eigenvalue weighted by atomic mass is 32.2. The molecule has 16 heteroatoms. The Balaban J connectivity index is 1.24. The minimum Gasteiger partial charge on any atom is -0.494 e. The highest BCUT2D eigenvalue weighted by molar-refractivity contribution is 7.91. The average Bonchev–Trinajstić information content (AvgIpc) is 3.99. The number of alkyl carbamates (subject to hydrolysis) is 1. The van der Waals surface area contributed by atoms with Gasteiger partial charge in [-0.25, -0.2) is 18.0 Å². The number of amides is 5. The zero-order valence-electron chi connectivity index (χ0n) is 31.1. The lowest BCUT2D eigenvalue weighted by Gasteiger charge is -2.35. The standard InChI is InChI=1S/C37H53N5O10S/c1-5-25-19-37(25,33(45)40-53(48,49)28-13-14-28)39-31(43)29-18-27-22-42(29)32(44)30(36(2,3)4)38-34(46)51-16-10-8-6-7-9-15-50-26-12-11-23-20-41(35(47)52-27)21-24(23)17-26/h11-12,17,25,27-30H,5-10,13-16,18-22H2,1-4H3,(H,38,46)(H,39,43)(H,40,45)/t25-,27+,29?,30+,37-/m0/s1. The fourth-order valence-corrected chi connectivity index (χ4v) is 8.90. The van der Waals surface area contributed by atoms with Gasteiger partial charge in [-0.3, -0.25) is 24.0 Å². The van der Waals surface area contributed by atoms with Gasteiger partial charge in [0.15, 0.2) is 0 Å². The zero-order chi connectivity index (χ0) is 38.1. The van der Waals surface area contributed by atoms with Gasteiger partial charge >= 0.3 is 12.2 Å². The quantitative estimate of drug-likeness (QED) is 0.387. The van der Waals surface area contributed by atoms with Gasteiger partial charge in [-0.2, -0.15) is 0 Å². The Labute approximate surface area is 311 Å². The van der Waals surface area contributed by atoms with Crippen LogP contribution in [0.4, 0.5) is 9.59 Å². The van der Waals surface area contributed by atoms with Crippen LogP contribution in [-0.4, -0.2) is 96.9 Å². The van der Waals surface area contributed by atoms with Crippen LogP contribution in [0, 0.1) is 11.3 Å². The molecule has 5 atom stereocenters. The van der Waals surface area contributed by atoms with Crippen LogP contribution in [0.1, 0.15) is 103 Å². The number of fused-ring (bicyclic) bond motifs is 4. The van der Waals surface area contributed by atoms with E-state index in [1.807, 2.05) is 25.1 Å². The van der Waals surface area contributed by atoms with Crippen LogP contribution in [0.3, 0.4) is 0 Å². The Morgan fingerprint density at radius 3 is 2.32 bits per heavy atom. The Hall–Kier alpha value is -4.08. The van der Waals surface area contributed by atoms with Crippen molar-refractivity contribution >= 4 is 39.9 Å². The highest BCUT2D eigenvalue weighted by Crippen LogP contribution is 2.47. The molecule has 5 aliphatic rings. The van der Waals surface area contributed by atoms with Crippen LogP contribution in [0.2, 0.25) is 0 Å². The van der Waals surface area contributed by atoms with E-state index >= 15 is 0 Å². The topological polar surface area (TPSA) is 190 Å². The molecule has 5 bridgehead atoms. The van der Waals surface area contributed by atoms with E-state index in [-0.39, 0.29) is 31.9 Å². The van der Waals surface area contributed by atoms with Crippen molar-refractivity contribution in [3.63, 3.8) is 0 Å². The summed E-state index contributed by atoms with van der Waals surface area (Å²) in [4.78, 5) is 71.5. The van der Waals surface area contributed by atoms with E-state index in [0.29, 0.717) is 45.4 Å². The molecule has 292 valence electrons. The maximum Gasteiger partial charge on any atom is 0.410 e. The fourth-order valence-electron chi connectivity index (χ4n) is 7.54. The third-order valence-electron chi connectivity index (χ3n) is 11.0. The number of benzene rings is 1. The van der Waals surface area contributed by atoms with Crippen molar-refractivity contribution in [1.82, 2.24) is 25.2 Å². The average molecular weight is 760 g/mol. The number of cyclic esters (lactones) is 1. The Kier molecular flexibility index (Phi) is 11.2. The van der Waals surface area contributed by atoms with Gasteiger partial charge in [-0.1, -0.05) is 59.4 Å². The lowest BCUT2D eigenvalue weighted by atomic mass is 9.85. The number of rotatable bonds is 6. The molecule has 0 spiro atoms. The molecule has 5 amide bonds. The van der Waals surface area contributed by atoms with Crippen molar-refractivity contribution in [2.45, 2.75) is 134 Å². The third kappa shape index (κ3) is 8.84. The van der Waals surface area contributed by atoms with E-state index in [9.17, 15) is 32.4 Å². The zero-order valence-corrected chi connectivity index (χ0v) is 31.9. The molecule has 15 nitrogen and oxygen atoms in total. The molecule has 6 rings (SSSR count). The van der Waals surface area contributed by atoms with Gasteiger partial charge in [-0.15, -0.1) is 0 Å². The number of hydrogen-bond donors (Lipinski definition) is 3. The van der Waals surface area contributed by atoms with E-state index in [4.69, 9.17) is 14.2 Å². The monoisotopic (exact) mass is 759 g/mol. The number of carbonyl (C=O) groups excluding carboxylic acids is 5. The van der Waals surface area contributed by atoms with Crippen molar-refractivity contribution in [1.29, 1.82) is 0 Å². The van der Waals surface area contributed by atoms with Gasteiger partial charge in [0.1, 0.15) is 29.5 Å². The summed E-state index contributed by atoms with van der Waals surface area (Å²) in [5.41, 5.74) is -0.364. The van der Waals surface area contributed by atoms with E-state index in [0.717, 1.165) is 42.6 Å². The second-order valence-corrected chi connectivity index (χ2v) is 18.1. The molecule has 3 fully saturated rings. The molecular weight excluding hydrogens is 706 g/mol. The summed E-state index contributed by atoms with van der Waals surface area (Å²) < 4.78 is 44.9. The normalized spacial score (nSPS) is 28.7. The summed E-state index contributed by atoms with van der Waals surface area (Å²) in [7, 11) is -3.88. The molecule has 0 radical (unpaired) electrons. The maximum atomic E-state index is 14.4. The number of sulfonamides is 1. The predicted molar refractivity (Wildman–Crippen MR) is 192 cm³/mol. The van der Waals surface area contributed by atoms with Gasteiger partial charge in [0, 0.05) is 19.5 Å². The summed E-state index contributed by atoms with van der Waals surface area (Å²) in [6.45, 7) is 8.41. The molecule has 3 N–H and O–H groups in total. The van der Waals surface area contributed by atoms with Crippen molar-refractivity contribution in [3.05, 3.63) is 29.3 Å².